The highest BCUT2D eigenvalue weighted by atomic mass is 32.1. The van der Waals surface area contributed by atoms with Gasteiger partial charge in [-0.1, -0.05) is 30.3 Å². The predicted octanol–water partition coefficient (Wildman–Crippen LogP) is 2.44. The zero-order chi connectivity index (χ0) is 14.8. The Morgan fingerprint density at radius 3 is 2.62 bits per heavy atom. The van der Waals surface area contributed by atoms with Crippen molar-refractivity contribution in [1.29, 1.82) is 0 Å². The number of hydrogen-bond acceptors (Lipinski definition) is 5. The van der Waals surface area contributed by atoms with Gasteiger partial charge in [0.1, 0.15) is 5.82 Å². The van der Waals surface area contributed by atoms with E-state index in [0.717, 1.165) is 42.5 Å². The summed E-state index contributed by atoms with van der Waals surface area (Å²) >= 11 is 4.28. The molecule has 1 fully saturated rings. The average Bonchev–Trinajstić information content (AvgIpc) is 2.44. The van der Waals surface area contributed by atoms with E-state index in [4.69, 9.17) is 5.73 Å². The molecule has 110 valence electrons. The van der Waals surface area contributed by atoms with Gasteiger partial charge in [0.2, 0.25) is 5.95 Å². The molecule has 2 N–H and O–H groups in total. The van der Waals surface area contributed by atoms with Gasteiger partial charge in [0.05, 0.1) is 5.69 Å². The van der Waals surface area contributed by atoms with Gasteiger partial charge in [-0.15, -0.1) is 0 Å². The number of thiol groups is 1. The zero-order valence-electron chi connectivity index (χ0n) is 12.2. The standard InChI is InChI=1S/C16H20N4S/c1-11-14(7-8-21)18-16(19-15(11)17)20-9-13(10-20)12-5-3-2-4-6-12/h2-6,13,21H,7-10H2,1H3,(H2,17,18,19). The maximum atomic E-state index is 6.01. The second-order valence-electron chi connectivity index (χ2n) is 5.47. The van der Waals surface area contributed by atoms with Crippen molar-refractivity contribution < 1.29 is 0 Å². The Kier molecular flexibility index (Phi) is 4.01. The monoisotopic (exact) mass is 300 g/mol. The van der Waals surface area contributed by atoms with Crippen LogP contribution < -0.4 is 10.6 Å². The fourth-order valence-electron chi connectivity index (χ4n) is 2.64. The summed E-state index contributed by atoms with van der Waals surface area (Å²) in [5.74, 6) is 2.66. The summed E-state index contributed by atoms with van der Waals surface area (Å²) < 4.78 is 0. The summed E-state index contributed by atoms with van der Waals surface area (Å²) in [7, 11) is 0. The smallest absolute Gasteiger partial charge is 0.227 e. The Balaban J connectivity index is 1.75. The molecule has 1 saturated heterocycles. The Bertz CT molecular complexity index is 624. The summed E-state index contributed by atoms with van der Waals surface area (Å²) in [6.45, 7) is 3.88. The molecular formula is C16H20N4S. The van der Waals surface area contributed by atoms with Crippen molar-refractivity contribution in [3.8, 4) is 0 Å². The summed E-state index contributed by atoms with van der Waals surface area (Å²) in [6, 6.07) is 10.6. The molecule has 0 unspecified atom stereocenters. The Hall–Kier alpha value is -1.75. The van der Waals surface area contributed by atoms with Crippen LogP contribution in [0.3, 0.4) is 0 Å². The van der Waals surface area contributed by atoms with Gasteiger partial charge >= 0.3 is 0 Å². The molecule has 0 radical (unpaired) electrons. The zero-order valence-corrected chi connectivity index (χ0v) is 13.1. The number of aromatic nitrogens is 2. The average molecular weight is 300 g/mol. The van der Waals surface area contributed by atoms with Gasteiger partial charge in [0.25, 0.3) is 0 Å². The Morgan fingerprint density at radius 2 is 1.95 bits per heavy atom. The lowest BCUT2D eigenvalue weighted by Crippen LogP contribution is -2.46. The highest BCUT2D eigenvalue weighted by Gasteiger charge is 2.30. The van der Waals surface area contributed by atoms with Gasteiger partial charge in [-0.3, -0.25) is 0 Å². The highest BCUT2D eigenvalue weighted by Crippen LogP contribution is 2.30. The largest absolute Gasteiger partial charge is 0.383 e. The van der Waals surface area contributed by atoms with Crippen LogP contribution >= 0.6 is 12.6 Å². The molecule has 0 aliphatic carbocycles. The molecule has 3 rings (SSSR count). The molecule has 2 aromatic rings. The van der Waals surface area contributed by atoms with E-state index >= 15 is 0 Å². The number of rotatable bonds is 4. The number of aryl methyl sites for hydroxylation is 1. The van der Waals surface area contributed by atoms with Crippen molar-refractivity contribution in [3.05, 3.63) is 47.2 Å². The molecule has 2 heterocycles. The third-order valence-electron chi connectivity index (χ3n) is 4.06. The minimum Gasteiger partial charge on any atom is -0.383 e. The van der Waals surface area contributed by atoms with Crippen LogP contribution in [-0.4, -0.2) is 28.8 Å². The second-order valence-corrected chi connectivity index (χ2v) is 5.91. The molecule has 0 amide bonds. The lowest BCUT2D eigenvalue weighted by atomic mass is 9.92. The SMILES string of the molecule is Cc1c(N)nc(N2CC(c3ccccc3)C2)nc1CCS. The molecule has 0 atom stereocenters. The number of nitrogen functional groups attached to an aromatic ring is 1. The van der Waals surface area contributed by atoms with Crippen molar-refractivity contribution in [2.75, 3.05) is 29.5 Å². The molecule has 1 aliphatic heterocycles. The Labute approximate surface area is 130 Å². The van der Waals surface area contributed by atoms with Crippen LogP contribution in [0.5, 0.6) is 0 Å². The third-order valence-corrected chi connectivity index (χ3v) is 4.28. The quantitative estimate of drug-likeness (QED) is 0.852. The number of nitrogens with zero attached hydrogens (tertiary/aromatic N) is 3. The lowest BCUT2D eigenvalue weighted by molar-refractivity contribution is 0.513. The minimum absolute atomic E-state index is 0.561. The molecule has 4 nitrogen and oxygen atoms in total. The van der Waals surface area contributed by atoms with E-state index in [0.29, 0.717) is 11.7 Å². The van der Waals surface area contributed by atoms with Crippen LogP contribution in [-0.2, 0) is 6.42 Å². The first-order valence-electron chi connectivity index (χ1n) is 7.22. The van der Waals surface area contributed by atoms with Crippen molar-refractivity contribution in [2.24, 2.45) is 0 Å². The van der Waals surface area contributed by atoms with E-state index < -0.39 is 0 Å². The molecule has 0 bridgehead atoms. The van der Waals surface area contributed by atoms with E-state index in [1.54, 1.807) is 0 Å². The van der Waals surface area contributed by atoms with Crippen LogP contribution in [0.15, 0.2) is 30.3 Å². The maximum absolute atomic E-state index is 6.01. The molecule has 1 aromatic carbocycles. The lowest BCUT2D eigenvalue weighted by Gasteiger charge is -2.39. The van der Waals surface area contributed by atoms with Crippen molar-refractivity contribution in [2.45, 2.75) is 19.3 Å². The molecule has 1 aliphatic rings. The van der Waals surface area contributed by atoms with Crippen LogP contribution in [0, 0.1) is 6.92 Å². The van der Waals surface area contributed by atoms with Crippen molar-refractivity contribution in [1.82, 2.24) is 9.97 Å². The van der Waals surface area contributed by atoms with E-state index in [9.17, 15) is 0 Å². The number of anilines is 2. The van der Waals surface area contributed by atoms with Crippen LogP contribution in [0.4, 0.5) is 11.8 Å². The molecular weight excluding hydrogens is 280 g/mol. The van der Waals surface area contributed by atoms with Gasteiger partial charge in [-0.2, -0.15) is 17.6 Å². The van der Waals surface area contributed by atoms with Gasteiger partial charge in [0, 0.05) is 24.6 Å². The fourth-order valence-corrected chi connectivity index (χ4v) is 2.85. The molecule has 1 aromatic heterocycles. The number of nitrogens with two attached hydrogens (primary N) is 1. The summed E-state index contributed by atoms with van der Waals surface area (Å²) in [4.78, 5) is 11.3. The van der Waals surface area contributed by atoms with Crippen molar-refractivity contribution >= 4 is 24.4 Å². The minimum atomic E-state index is 0.561. The topological polar surface area (TPSA) is 55.0 Å². The van der Waals surface area contributed by atoms with Gasteiger partial charge in [0.15, 0.2) is 0 Å². The summed E-state index contributed by atoms with van der Waals surface area (Å²) in [5, 5.41) is 0. The van der Waals surface area contributed by atoms with Crippen LogP contribution in [0.2, 0.25) is 0 Å². The maximum Gasteiger partial charge on any atom is 0.227 e. The van der Waals surface area contributed by atoms with Crippen LogP contribution in [0.25, 0.3) is 0 Å². The molecule has 5 heteroatoms. The third kappa shape index (κ3) is 2.83. The predicted molar refractivity (Wildman–Crippen MR) is 90.1 cm³/mol. The number of hydrogen-bond donors (Lipinski definition) is 2. The van der Waals surface area contributed by atoms with Crippen molar-refractivity contribution in [3.63, 3.8) is 0 Å². The van der Waals surface area contributed by atoms with Crippen LogP contribution in [0.1, 0.15) is 22.7 Å². The van der Waals surface area contributed by atoms with E-state index in [1.807, 2.05) is 13.0 Å². The number of benzene rings is 1. The first-order chi connectivity index (χ1) is 10.2. The Morgan fingerprint density at radius 1 is 1.24 bits per heavy atom. The summed E-state index contributed by atoms with van der Waals surface area (Å²) in [5.41, 5.74) is 9.38. The van der Waals surface area contributed by atoms with E-state index in [-0.39, 0.29) is 0 Å². The van der Waals surface area contributed by atoms with Gasteiger partial charge in [-0.25, -0.2) is 4.98 Å². The first-order valence-corrected chi connectivity index (χ1v) is 7.86. The van der Waals surface area contributed by atoms with E-state index in [1.165, 1.54) is 5.56 Å². The normalized spacial score (nSPS) is 15.0. The molecule has 21 heavy (non-hydrogen) atoms. The summed E-state index contributed by atoms with van der Waals surface area (Å²) in [6.07, 6.45) is 0.824. The van der Waals surface area contributed by atoms with E-state index in [2.05, 4.69) is 51.8 Å². The first kappa shape index (κ1) is 14.2. The second kappa shape index (κ2) is 5.93. The molecule has 0 spiro atoms. The fraction of sp³-hybridized carbons (Fsp3) is 0.375. The highest BCUT2D eigenvalue weighted by molar-refractivity contribution is 7.80. The van der Waals surface area contributed by atoms with Gasteiger partial charge < -0.3 is 10.6 Å². The van der Waals surface area contributed by atoms with Gasteiger partial charge in [-0.05, 0) is 24.7 Å². The molecule has 0 saturated carbocycles.